The van der Waals surface area contributed by atoms with Crippen molar-refractivity contribution in [2.75, 3.05) is 13.2 Å². The van der Waals surface area contributed by atoms with E-state index in [-0.39, 0.29) is 12.6 Å². The predicted octanol–water partition coefficient (Wildman–Crippen LogP) is 4.93. The number of carbonyl (C=O) groups excluding carboxylic acids is 1. The van der Waals surface area contributed by atoms with Crippen molar-refractivity contribution in [3.63, 3.8) is 0 Å². The quantitative estimate of drug-likeness (QED) is 0.428. The first kappa shape index (κ1) is 19.7. The van der Waals surface area contributed by atoms with E-state index in [0.717, 1.165) is 6.42 Å². The minimum Gasteiger partial charge on any atom is -0.458 e. The summed E-state index contributed by atoms with van der Waals surface area (Å²) in [4.78, 5) is 11.4. The van der Waals surface area contributed by atoms with Crippen molar-refractivity contribution in [1.29, 1.82) is 0 Å². The van der Waals surface area contributed by atoms with Crippen LogP contribution in [-0.4, -0.2) is 24.8 Å². The van der Waals surface area contributed by atoms with Crippen molar-refractivity contribution in [2.24, 2.45) is 0 Å². The van der Waals surface area contributed by atoms with Crippen LogP contribution in [0.2, 0.25) is 0 Å². The summed E-state index contributed by atoms with van der Waals surface area (Å²) in [5.41, 5.74) is 1.00. The average Bonchev–Trinajstić information content (AvgIpc) is 2.48. The topological polar surface area (TPSA) is 35.5 Å². The number of hydrogen-bond acceptors (Lipinski definition) is 3. The molecule has 0 saturated carbocycles. The Morgan fingerprint density at radius 2 is 1.52 bits per heavy atom. The molecule has 0 spiro atoms. The summed E-state index contributed by atoms with van der Waals surface area (Å²) >= 11 is 0. The fourth-order valence-corrected chi connectivity index (χ4v) is 2.41. The summed E-state index contributed by atoms with van der Waals surface area (Å²) in [5, 5.41) is 0. The molecule has 3 nitrogen and oxygen atoms in total. The first-order valence-corrected chi connectivity index (χ1v) is 8.81. The smallest absolute Gasteiger partial charge is 0.332 e. The molecule has 0 aliphatic heterocycles. The first-order valence-electron chi connectivity index (χ1n) is 8.81. The van der Waals surface area contributed by atoms with E-state index in [4.69, 9.17) is 9.47 Å². The number of aryl methyl sites for hydroxylation is 1. The van der Waals surface area contributed by atoms with E-state index in [1.54, 1.807) is 0 Å². The van der Waals surface area contributed by atoms with Gasteiger partial charge in [-0.25, -0.2) is 4.79 Å². The molecule has 1 aromatic carbocycles. The second-order valence-corrected chi connectivity index (χ2v) is 7.00. The second kappa shape index (κ2) is 11.2. The zero-order valence-electron chi connectivity index (χ0n) is 15.0. The highest BCUT2D eigenvalue weighted by molar-refractivity contribution is 5.71. The lowest BCUT2D eigenvalue weighted by Crippen LogP contribution is -2.26. The molecule has 0 aromatic heterocycles. The fraction of sp³-hybridized carbons (Fsp3) is 0.650. The monoisotopic (exact) mass is 320 g/mol. The van der Waals surface area contributed by atoms with E-state index in [1.807, 2.05) is 20.8 Å². The molecule has 0 saturated heterocycles. The minimum atomic E-state index is -0.430. The van der Waals surface area contributed by atoms with Gasteiger partial charge in [-0.1, -0.05) is 56.0 Å². The highest BCUT2D eigenvalue weighted by Gasteiger charge is 2.15. The van der Waals surface area contributed by atoms with E-state index in [1.165, 1.54) is 44.1 Å². The molecular formula is C20H32O3. The van der Waals surface area contributed by atoms with Crippen LogP contribution in [0.25, 0.3) is 0 Å². The van der Waals surface area contributed by atoms with Crippen molar-refractivity contribution in [2.45, 2.75) is 71.3 Å². The van der Waals surface area contributed by atoms with Gasteiger partial charge in [0.1, 0.15) is 12.2 Å². The van der Waals surface area contributed by atoms with Gasteiger partial charge in [-0.05, 0) is 45.6 Å². The summed E-state index contributed by atoms with van der Waals surface area (Å²) < 4.78 is 10.5. The van der Waals surface area contributed by atoms with Gasteiger partial charge in [0, 0.05) is 6.61 Å². The Balaban J connectivity index is 1.86. The molecule has 0 radical (unpaired) electrons. The molecule has 1 rings (SSSR count). The molecule has 0 fully saturated rings. The van der Waals surface area contributed by atoms with Crippen LogP contribution in [0.1, 0.15) is 64.9 Å². The van der Waals surface area contributed by atoms with Gasteiger partial charge in [0.05, 0.1) is 0 Å². The van der Waals surface area contributed by atoms with E-state index in [0.29, 0.717) is 6.61 Å². The van der Waals surface area contributed by atoms with Crippen molar-refractivity contribution >= 4 is 5.97 Å². The first-order chi connectivity index (χ1) is 11.0. The summed E-state index contributed by atoms with van der Waals surface area (Å²) in [7, 11) is 0. The maximum Gasteiger partial charge on any atom is 0.332 e. The second-order valence-electron chi connectivity index (χ2n) is 7.00. The van der Waals surface area contributed by atoms with Gasteiger partial charge in [-0.2, -0.15) is 0 Å². The molecule has 23 heavy (non-hydrogen) atoms. The Morgan fingerprint density at radius 3 is 2.17 bits per heavy atom. The van der Waals surface area contributed by atoms with Gasteiger partial charge >= 0.3 is 5.97 Å². The molecule has 0 heterocycles. The van der Waals surface area contributed by atoms with Crippen molar-refractivity contribution < 1.29 is 14.3 Å². The minimum absolute atomic E-state index is 0.0638. The van der Waals surface area contributed by atoms with Crippen LogP contribution < -0.4 is 0 Å². The summed E-state index contributed by atoms with van der Waals surface area (Å²) in [6.07, 6.45) is 8.43. The lowest BCUT2D eigenvalue weighted by molar-refractivity contribution is -0.160. The predicted molar refractivity (Wildman–Crippen MR) is 94.5 cm³/mol. The Bertz CT molecular complexity index is 420. The zero-order valence-corrected chi connectivity index (χ0v) is 15.0. The van der Waals surface area contributed by atoms with Crippen molar-refractivity contribution in [3.05, 3.63) is 35.9 Å². The Labute approximate surface area is 141 Å². The summed E-state index contributed by atoms with van der Waals surface area (Å²) in [6.45, 7) is 6.30. The molecule has 0 aliphatic rings. The number of rotatable bonds is 11. The molecule has 0 atom stereocenters. The Kier molecular flexibility index (Phi) is 9.61. The van der Waals surface area contributed by atoms with Gasteiger partial charge in [-0.15, -0.1) is 0 Å². The van der Waals surface area contributed by atoms with Gasteiger partial charge in [0.15, 0.2) is 0 Å². The summed E-state index contributed by atoms with van der Waals surface area (Å²) in [6, 6.07) is 10.7. The number of esters is 1. The van der Waals surface area contributed by atoms with Gasteiger partial charge in [-0.3, -0.25) is 0 Å². The average molecular weight is 320 g/mol. The van der Waals surface area contributed by atoms with E-state index < -0.39 is 5.60 Å². The third-order valence-electron chi connectivity index (χ3n) is 3.49. The third-order valence-corrected chi connectivity index (χ3v) is 3.49. The van der Waals surface area contributed by atoms with Crippen LogP contribution in [0.15, 0.2) is 30.3 Å². The number of benzene rings is 1. The van der Waals surface area contributed by atoms with Crippen LogP contribution >= 0.6 is 0 Å². The molecule has 3 heteroatoms. The molecule has 0 unspecified atom stereocenters. The normalized spacial score (nSPS) is 11.4. The van der Waals surface area contributed by atoms with Gasteiger partial charge < -0.3 is 9.47 Å². The molecule has 0 N–H and O–H groups in total. The maximum absolute atomic E-state index is 11.4. The van der Waals surface area contributed by atoms with Crippen LogP contribution in [-0.2, 0) is 20.7 Å². The number of hydrogen-bond donors (Lipinski definition) is 0. The summed E-state index contributed by atoms with van der Waals surface area (Å²) in [5.74, 6) is -0.279. The van der Waals surface area contributed by atoms with Gasteiger partial charge in [0.25, 0.3) is 0 Å². The third kappa shape index (κ3) is 11.8. The van der Waals surface area contributed by atoms with Crippen LogP contribution in [0.4, 0.5) is 0 Å². The lowest BCUT2D eigenvalue weighted by atomic mass is 10.1. The van der Waals surface area contributed by atoms with E-state index >= 15 is 0 Å². The molecule has 0 aliphatic carbocycles. The van der Waals surface area contributed by atoms with Crippen LogP contribution in [0.5, 0.6) is 0 Å². The largest absolute Gasteiger partial charge is 0.458 e. The molecular weight excluding hydrogens is 288 g/mol. The van der Waals surface area contributed by atoms with Crippen molar-refractivity contribution in [3.8, 4) is 0 Å². The maximum atomic E-state index is 11.4. The SMILES string of the molecule is CC(C)(C)OC(=O)COCCCCCCCCc1ccccc1. The van der Waals surface area contributed by atoms with Gasteiger partial charge in [0.2, 0.25) is 0 Å². The van der Waals surface area contributed by atoms with E-state index in [2.05, 4.69) is 30.3 Å². The molecule has 0 bridgehead atoms. The zero-order chi connectivity index (χ0) is 17.0. The fourth-order valence-electron chi connectivity index (χ4n) is 2.41. The number of carbonyl (C=O) groups is 1. The highest BCUT2D eigenvalue weighted by Crippen LogP contribution is 2.10. The molecule has 130 valence electrons. The molecule has 1 aromatic rings. The standard InChI is InChI=1S/C20H32O3/c1-20(2,3)23-19(21)17-22-16-12-7-5-4-6-9-13-18-14-10-8-11-15-18/h8,10-11,14-15H,4-7,9,12-13,16-17H2,1-3H3. The number of ether oxygens (including phenoxy) is 2. The van der Waals surface area contributed by atoms with Crippen LogP contribution in [0, 0.1) is 0 Å². The number of unbranched alkanes of at least 4 members (excludes halogenated alkanes) is 5. The Morgan fingerprint density at radius 1 is 0.913 bits per heavy atom. The van der Waals surface area contributed by atoms with E-state index in [9.17, 15) is 4.79 Å². The highest BCUT2D eigenvalue weighted by atomic mass is 16.6. The van der Waals surface area contributed by atoms with Crippen molar-refractivity contribution in [1.82, 2.24) is 0 Å². The lowest BCUT2D eigenvalue weighted by Gasteiger charge is -2.19. The molecule has 0 amide bonds. The Hall–Kier alpha value is -1.35. The van der Waals surface area contributed by atoms with Crippen LogP contribution in [0.3, 0.4) is 0 Å².